The lowest BCUT2D eigenvalue weighted by Crippen LogP contribution is -1.57. The third-order valence-electron chi connectivity index (χ3n) is 0. The van der Waals surface area contributed by atoms with Crippen molar-refractivity contribution in [1.82, 2.24) is 0 Å². The van der Waals surface area contributed by atoms with Gasteiger partial charge in [-0.2, -0.15) is 3.84 Å². The molecular weight excluding hydrogens is 127 g/mol. The van der Waals surface area contributed by atoms with Crippen LogP contribution in [0.5, 0.6) is 0 Å². The summed E-state index contributed by atoms with van der Waals surface area (Å²) >= 11 is 8.53. The Balaban J connectivity index is 0. The molecule has 0 aromatic rings. The van der Waals surface area contributed by atoms with Crippen LogP contribution >= 0.6 is 23.7 Å². The van der Waals surface area contributed by atoms with Crippen LogP contribution in [0.15, 0.2) is 0 Å². The first-order valence-electron chi connectivity index (χ1n) is 1.33. The van der Waals surface area contributed by atoms with Gasteiger partial charge in [-0.15, -0.1) is 0 Å². The van der Waals surface area contributed by atoms with Crippen molar-refractivity contribution in [3.63, 3.8) is 0 Å². The van der Waals surface area contributed by atoms with Gasteiger partial charge in [0.15, 0.2) is 0 Å². The molecule has 0 saturated heterocycles. The van der Waals surface area contributed by atoms with Gasteiger partial charge < -0.3 is 5.11 Å². The lowest BCUT2D eigenvalue weighted by molar-refractivity contribution is 0.318. The lowest BCUT2D eigenvalue weighted by atomic mass is 10.9. The minimum atomic E-state index is 0.250. The van der Waals surface area contributed by atoms with Crippen LogP contribution in [-0.2, 0) is 3.84 Å². The molecule has 0 rings (SSSR count). The number of hydrogen-bond acceptors (Lipinski definition) is 2. The number of rotatable bonds is 0. The summed E-state index contributed by atoms with van der Waals surface area (Å²) in [5.74, 6) is 0. The van der Waals surface area contributed by atoms with Crippen LogP contribution in [0.25, 0.3) is 0 Å². The minimum absolute atomic E-state index is 0.250. The van der Waals surface area contributed by atoms with Crippen LogP contribution in [-0.4, -0.2) is 11.7 Å². The molecule has 0 aromatic carbocycles. The van der Waals surface area contributed by atoms with Crippen molar-refractivity contribution in [3.05, 3.63) is 0 Å². The molecule has 4 heteroatoms. The zero-order chi connectivity index (χ0) is 5.41. The maximum Gasteiger partial charge on any atom is 0.0832 e. The van der Waals surface area contributed by atoms with Crippen molar-refractivity contribution < 1.29 is 8.95 Å². The zero-order valence-corrected chi connectivity index (χ0v) is 4.83. The summed E-state index contributed by atoms with van der Waals surface area (Å²) in [5.41, 5.74) is 0. The molecule has 0 aliphatic heterocycles. The average Bonchev–Trinajstić information content (AvgIpc) is 1.39. The second-order valence-corrected chi connectivity index (χ2v) is 0.841. The van der Waals surface area contributed by atoms with Gasteiger partial charge in [-0.05, 0) is 6.92 Å². The Labute approximate surface area is 47.0 Å². The summed E-state index contributed by atoms with van der Waals surface area (Å²) in [6.07, 6.45) is 0. The molecule has 1 N–H and O–H groups in total. The van der Waals surface area contributed by atoms with E-state index < -0.39 is 0 Å². The summed E-state index contributed by atoms with van der Waals surface area (Å²) < 4.78 is 3.19. The van der Waals surface area contributed by atoms with Crippen molar-refractivity contribution in [2.45, 2.75) is 6.92 Å². The monoisotopic (exact) mass is 132 g/mol. The molecule has 2 nitrogen and oxygen atoms in total. The van der Waals surface area contributed by atoms with E-state index >= 15 is 0 Å². The smallest absolute Gasteiger partial charge is 0.0832 e. The van der Waals surface area contributed by atoms with Crippen LogP contribution in [0.4, 0.5) is 0 Å². The molecule has 0 fully saturated rings. The van der Waals surface area contributed by atoms with Crippen LogP contribution in [0.3, 0.4) is 0 Å². The predicted molar refractivity (Wildman–Crippen MR) is 25.6 cm³/mol. The van der Waals surface area contributed by atoms with Gasteiger partial charge >= 0.3 is 0 Å². The summed E-state index contributed by atoms with van der Waals surface area (Å²) in [4.78, 5) is 0. The Kier molecular flexibility index (Phi) is 28.8. The third-order valence-corrected chi connectivity index (χ3v) is 0. The molecule has 0 spiro atoms. The van der Waals surface area contributed by atoms with Crippen LogP contribution in [0.1, 0.15) is 6.92 Å². The van der Waals surface area contributed by atoms with Gasteiger partial charge in [0.05, 0.1) is 23.7 Å². The molecule has 0 heterocycles. The number of halogens is 2. The van der Waals surface area contributed by atoms with Gasteiger partial charge in [-0.3, -0.25) is 0 Å². The fraction of sp³-hybridized carbons (Fsp3) is 1.00. The standard InChI is InChI=1S/C2H6O.Cl2O/c1-2-3;1-3-2/h3H,2H2,1H3;. The molecule has 0 radical (unpaired) electrons. The van der Waals surface area contributed by atoms with E-state index in [1.165, 1.54) is 0 Å². The maximum atomic E-state index is 7.57. The first kappa shape index (κ1) is 9.71. The fourth-order valence-electron chi connectivity index (χ4n) is 0. The van der Waals surface area contributed by atoms with E-state index in [0.29, 0.717) is 0 Å². The first-order chi connectivity index (χ1) is 2.83. The normalized spacial score (nSPS) is 6.00. The van der Waals surface area contributed by atoms with E-state index in [0.717, 1.165) is 0 Å². The molecule has 40 valence electrons. The van der Waals surface area contributed by atoms with E-state index in [4.69, 9.17) is 5.11 Å². The molecule has 0 aliphatic carbocycles. The highest BCUT2D eigenvalue weighted by Crippen LogP contribution is 1.78. The second kappa shape index (κ2) is 17.8. The van der Waals surface area contributed by atoms with E-state index in [1.807, 2.05) is 0 Å². The summed E-state index contributed by atoms with van der Waals surface area (Å²) in [7, 11) is 0. The van der Waals surface area contributed by atoms with E-state index in [9.17, 15) is 0 Å². The van der Waals surface area contributed by atoms with Crippen molar-refractivity contribution in [2.24, 2.45) is 0 Å². The van der Waals surface area contributed by atoms with Crippen molar-refractivity contribution in [1.29, 1.82) is 0 Å². The lowest BCUT2D eigenvalue weighted by Gasteiger charge is -1.52. The van der Waals surface area contributed by atoms with Gasteiger partial charge in [-0.25, -0.2) is 0 Å². The number of hydrogen-bond donors (Lipinski definition) is 1. The highest BCUT2D eigenvalue weighted by Gasteiger charge is 1.38. The summed E-state index contributed by atoms with van der Waals surface area (Å²) in [6.45, 7) is 1.93. The first-order valence-corrected chi connectivity index (χ1v) is 1.95. The highest BCUT2D eigenvalue weighted by molar-refractivity contribution is 6.24. The second-order valence-electron chi connectivity index (χ2n) is 0.375. The van der Waals surface area contributed by atoms with E-state index in [-0.39, 0.29) is 6.61 Å². The van der Waals surface area contributed by atoms with Crippen LogP contribution < -0.4 is 0 Å². The SMILES string of the molecule is CCO.ClOCl. The molecule has 0 saturated carbocycles. The third kappa shape index (κ3) is 221. The number of aliphatic hydroxyl groups is 1. The summed E-state index contributed by atoms with van der Waals surface area (Å²) in [5, 5.41) is 7.57. The molecule has 0 amide bonds. The Hall–Kier alpha value is 0.500. The Bertz CT molecular complexity index is 11.5. The Morgan fingerprint density at radius 2 is 1.67 bits per heavy atom. The Morgan fingerprint density at radius 3 is 1.67 bits per heavy atom. The molecule has 0 bridgehead atoms. The van der Waals surface area contributed by atoms with Gasteiger partial charge in [0, 0.05) is 6.61 Å². The summed E-state index contributed by atoms with van der Waals surface area (Å²) in [6, 6.07) is 0. The van der Waals surface area contributed by atoms with Gasteiger partial charge in [0.2, 0.25) is 0 Å². The quantitative estimate of drug-likeness (QED) is 0.539. The average molecular weight is 133 g/mol. The fourth-order valence-corrected chi connectivity index (χ4v) is 0. The zero-order valence-electron chi connectivity index (χ0n) is 3.32. The largest absolute Gasteiger partial charge is 0.397 e. The van der Waals surface area contributed by atoms with Crippen LogP contribution in [0.2, 0.25) is 0 Å². The topological polar surface area (TPSA) is 29.5 Å². The molecule has 0 unspecified atom stereocenters. The highest BCUT2D eigenvalue weighted by atomic mass is 35.6. The van der Waals surface area contributed by atoms with Gasteiger partial charge in [0.1, 0.15) is 0 Å². The molecule has 0 aliphatic rings. The van der Waals surface area contributed by atoms with Gasteiger partial charge in [-0.1, -0.05) is 0 Å². The number of aliphatic hydroxyl groups excluding tert-OH is 1. The minimum Gasteiger partial charge on any atom is -0.397 e. The Morgan fingerprint density at radius 1 is 1.67 bits per heavy atom. The molecule has 0 aromatic heterocycles. The maximum absolute atomic E-state index is 7.57. The van der Waals surface area contributed by atoms with E-state index in [2.05, 4.69) is 27.6 Å². The van der Waals surface area contributed by atoms with Gasteiger partial charge in [0.25, 0.3) is 0 Å². The van der Waals surface area contributed by atoms with Crippen molar-refractivity contribution >= 4 is 23.7 Å². The van der Waals surface area contributed by atoms with Crippen molar-refractivity contribution in [2.75, 3.05) is 6.61 Å². The van der Waals surface area contributed by atoms with Crippen molar-refractivity contribution in [3.8, 4) is 0 Å². The predicted octanol–water partition coefficient (Wildman–Crippen LogP) is 1.31. The molecule has 6 heavy (non-hydrogen) atoms. The van der Waals surface area contributed by atoms with Crippen LogP contribution in [0, 0.1) is 0 Å². The molecule has 0 atom stereocenters. The molecular formula is C2H6Cl2O2. The van der Waals surface area contributed by atoms with E-state index in [1.54, 1.807) is 6.92 Å².